The molecule has 12 heavy (non-hydrogen) atoms. The molecule has 1 aliphatic rings. The van der Waals surface area contributed by atoms with Crippen LogP contribution in [0.1, 0.15) is 12.8 Å². The predicted octanol–water partition coefficient (Wildman–Crippen LogP) is -0.0978. The van der Waals surface area contributed by atoms with Crippen LogP contribution in [-0.4, -0.2) is 33.3 Å². The van der Waals surface area contributed by atoms with Gasteiger partial charge in [0, 0.05) is 6.42 Å². The minimum absolute atomic E-state index is 0.0116. The van der Waals surface area contributed by atoms with Crippen molar-refractivity contribution in [2.45, 2.75) is 18.9 Å². The molecule has 0 amide bonds. The second-order valence-corrected chi connectivity index (χ2v) is 2.29. The Kier molecular flexibility index (Phi) is 2.22. The molecule has 0 aromatic rings. The molecule has 66 valence electrons. The van der Waals surface area contributed by atoms with E-state index in [9.17, 15) is 9.59 Å². The average molecular weight is 173 g/mol. The molecule has 0 unspecified atom stereocenters. The van der Waals surface area contributed by atoms with Gasteiger partial charge in [-0.25, -0.2) is 4.79 Å². The molecule has 0 aliphatic carbocycles. The topological polar surface area (TPSA) is 102 Å². The van der Waals surface area contributed by atoms with Crippen LogP contribution in [0.2, 0.25) is 0 Å². The van der Waals surface area contributed by atoms with Crippen molar-refractivity contribution in [1.82, 2.24) is 5.12 Å². The first kappa shape index (κ1) is 8.44. The van der Waals surface area contributed by atoms with E-state index in [4.69, 9.17) is 10.2 Å². The third-order valence-corrected chi connectivity index (χ3v) is 1.39. The van der Waals surface area contributed by atoms with Crippen LogP contribution < -0.4 is 0 Å². The average Bonchev–Trinajstić information content (AvgIpc) is 2.69. The van der Waals surface area contributed by atoms with Crippen LogP contribution in [-0.2, 0) is 9.59 Å². The van der Waals surface area contributed by atoms with E-state index in [-0.39, 0.29) is 12.8 Å². The van der Waals surface area contributed by atoms with Gasteiger partial charge in [0.25, 0.3) is 0 Å². The maximum absolute atomic E-state index is 10.4. The van der Waals surface area contributed by atoms with Crippen molar-refractivity contribution >= 4 is 11.9 Å². The normalized spacial score (nSPS) is 15.8. The largest absolute Gasteiger partial charge is 0.481 e. The minimum atomic E-state index is -1.11. The fourth-order valence-electron chi connectivity index (χ4n) is 0.746. The molecule has 1 atom stereocenters. The van der Waals surface area contributed by atoms with E-state index in [0.717, 1.165) is 5.12 Å². The summed E-state index contributed by atoms with van der Waals surface area (Å²) < 4.78 is 0. The highest BCUT2D eigenvalue weighted by Gasteiger charge is 2.31. The SMILES string of the molecule is O=C(O)CC[C@@H](C(=O)O)N1N=N1. The summed E-state index contributed by atoms with van der Waals surface area (Å²) in [6.07, 6.45) is -0.184. The van der Waals surface area contributed by atoms with Crippen molar-refractivity contribution in [2.75, 3.05) is 0 Å². The van der Waals surface area contributed by atoms with Crippen molar-refractivity contribution in [3.05, 3.63) is 0 Å². The van der Waals surface area contributed by atoms with Crippen LogP contribution in [0, 0.1) is 0 Å². The van der Waals surface area contributed by atoms with Gasteiger partial charge in [0.15, 0.2) is 6.04 Å². The second kappa shape index (κ2) is 3.16. The van der Waals surface area contributed by atoms with Crippen molar-refractivity contribution in [1.29, 1.82) is 0 Å². The lowest BCUT2D eigenvalue weighted by Gasteiger charge is -2.06. The zero-order valence-corrected chi connectivity index (χ0v) is 6.04. The van der Waals surface area contributed by atoms with Crippen molar-refractivity contribution < 1.29 is 19.8 Å². The van der Waals surface area contributed by atoms with E-state index in [0.29, 0.717) is 0 Å². The Morgan fingerprint density at radius 3 is 2.25 bits per heavy atom. The zero-order valence-electron chi connectivity index (χ0n) is 6.04. The number of hydrogen-bond acceptors (Lipinski definition) is 5. The molecule has 0 saturated heterocycles. The van der Waals surface area contributed by atoms with Crippen molar-refractivity contribution in [3.8, 4) is 0 Å². The summed E-state index contributed by atoms with van der Waals surface area (Å²) in [4.78, 5) is 20.5. The van der Waals surface area contributed by atoms with E-state index in [2.05, 4.69) is 10.4 Å². The number of nitrogens with zero attached hydrogens (tertiary/aromatic N) is 3. The minimum Gasteiger partial charge on any atom is -0.481 e. The smallest absolute Gasteiger partial charge is 0.330 e. The molecule has 0 fully saturated rings. The Balaban J connectivity index is 2.33. The van der Waals surface area contributed by atoms with E-state index < -0.39 is 18.0 Å². The van der Waals surface area contributed by atoms with E-state index >= 15 is 0 Å². The molecule has 0 saturated carbocycles. The highest BCUT2D eigenvalue weighted by Crippen LogP contribution is 2.17. The van der Waals surface area contributed by atoms with Gasteiger partial charge in [-0.05, 0) is 16.9 Å². The molecule has 7 nitrogen and oxygen atoms in total. The Morgan fingerprint density at radius 1 is 1.33 bits per heavy atom. The molecule has 0 bridgehead atoms. The standard InChI is InChI=1S/C5H7N3O4/c9-4(10)2-1-3(5(11)12)8-6-7-8/h3H,1-2H2,(H,9,10)(H,11,12)/t3-/m0/s1. The number of carbonyl (C=O) groups is 2. The number of rotatable bonds is 5. The lowest BCUT2D eigenvalue weighted by Crippen LogP contribution is -2.29. The van der Waals surface area contributed by atoms with Crippen molar-refractivity contribution in [2.24, 2.45) is 10.4 Å². The van der Waals surface area contributed by atoms with Gasteiger partial charge in [-0.1, -0.05) is 0 Å². The van der Waals surface area contributed by atoms with Gasteiger partial charge in [-0.2, -0.15) is 0 Å². The summed E-state index contributed by atoms with van der Waals surface area (Å²) in [5.74, 6) is -2.13. The van der Waals surface area contributed by atoms with E-state index in [1.54, 1.807) is 0 Å². The summed E-state index contributed by atoms with van der Waals surface area (Å²) in [5, 5.41) is 24.4. The Hall–Kier alpha value is -1.66. The van der Waals surface area contributed by atoms with Gasteiger partial charge in [0.1, 0.15) is 0 Å². The molecule has 0 spiro atoms. The molecule has 1 rings (SSSR count). The summed E-state index contributed by atoms with van der Waals surface area (Å²) in [7, 11) is 0. The van der Waals surface area contributed by atoms with Gasteiger partial charge in [0.05, 0.1) is 0 Å². The van der Waals surface area contributed by atoms with Crippen LogP contribution in [0.5, 0.6) is 0 Å². The molecule has 0 aromatic carbocycles. The van der Waals surface area contributed by atoms with Gasteiger partial charge in [0.2, 0.25) is 0 Å². The second-order valence-electron chi connectivity index (χ2n) is 2.29. The third-order valence-electron chi connectivity index (χ3n) is 1.39. The van der Waals surface area contributed by atoms with Gasteiger partial charge in [-0.15, -0.1) is 5.12 Å². The van der Waals surface area contributed by atoms with E-state index in [1.807, 2.05) is 0 Å². The molecule has 2 N–H and O–H groups in total. The molecule has 0 aromatic heterocycles. The summed E-state index contributed by atoms with van der Waals surface area (Å²) in [6, 6.07) is -0.930. The summed E-state index contributed by atoms with van der Waals surface area (Å²) in [5.41, 5.74) is 0. The quantitative estimate of drug-likeness (QED) is 0.604. The van der Waals surface area contributed by atoms with Crippen LogP contribution >= 0.6 is 0 Å². The van der Waals surface area contributed by atoms with Crippen LogP contribution in [0.25, 0.3) is 0 Å². The summed E-state index contributed by atoms with van der Waals surface area (Å²) in [6.45, 7) is 0. The van der Waals surface area contributed by atoms with Crippen LogP contribution in [0.3, 0.4) is 0 Å². The Morgan fingerprint density at radius 2 is 1.92 bits per heavy atom. The summed E-state index contributed by atoms with van der Waals surface area (Å²) >= 11 is 0. The molecule has 1 heterocycles. The van der Waals surface area contributed by atoms with Gasteiger partial charge < -0.3 is 10.2 Å². The lowest BCUT2D eigenvalue weighted by atomic mass is 10.1. The van der Waals surface area contributed by atoms with Crippen LogP contribution in [0.15, 0.2) is 10.4 Å². The van der Waals surface area contributed by atoms with Gasteiger partial charge in [-0.3, -0.25) is 4.79 Å². The molecule has 7 heteroatoms. The highest BCUT2D eigenvalue weighted by molar-refractivity contribution is 5.75. The van der Waals surface area contributed by atoms with Crippen molar-refractivity contribution in [3.63, 3.8) is 0 Å². The number of hydrogen-bond donors (Lipinski definition) is 2. The first-order valence-electron chi connectivity index (χ1n) is 3.26. The highest BCUT2D eigenvalue weighted by atomic mass is 16.4. The monoisotopic (exact) mass is 173 g/mol. The molecular weight excluding hydrogens is 166 g/mol. The number of carboxylic acid groups (broad SMARTS) is 2. The number of aliphatic carboxylic acids is 2. The molecule has 1 aliphatic heterocycles. The maximum Gasteiger partial charge on any atom is 0.330 e. The molecule has 0 radical (unpaired) electrons. The molecular formula is C5H7N3O4. The third kappa shape index (κ3) is 2.19. The number of carboxylic acids is 2. The Bertz CT molecular complexity index is 233. The fourth-order valence-corrected chi connectivity index (χ4v) is 0.746. The zero-order chi connectivity index (χ0) is 9.14. The van der Waals surface area contributed by atoms with Gasteiger partial charge >= 0.3 is 11.9 Å². The fraction of sp³-hybridized carbons (Fsp3) is 0.600. The maximum atomic E-state index is 10.4. The predicted molar refractivity (Wildman–Crippen MR) is 35.0 cm³/mol. The lowest BCUT2D eigenvalue weighted by molar-refractivity contribution is -0.142. The Labute approximate surface area is 67.3 Å². The first-order valence-corrected chi connectivity index (χ1v) is 3.26. The van der Waals surface area contributed by atoms with E-state index in [1.165, 1.54) is 0 Å². The first-order chi connectivity index (χ1) is 5.61. The van der Waals surface area contributed by atoms with Crippen LogP contribution in [0.4, 0.5) is 0 Å².